The molecule has 1 heterocycles. The summed E-state index contributed by atoms with van der Waals surface area (Å²) in [5.74, 6) is 0.0677. The monoisotopic (exact) mass is 511 g/mol. The third-order valence-electron chi connectivity index (χ3n) is 6.00. The first-order chi connectivity index (χ1) is 17.3. The molecule has 0 amide bonds. The number of hydrogen-bond acceptors (Lipinski definition) is 3. The van der Waals surface area contributed by atoms with E-state index in [1.54, 1.807) is 0 Å². The van der Waals surface area contributed by atoms with Crippen molar-refractivity contribution in [3.05, 3.63) is 94.8 Å². The Morgan fingerprint density at radius 1 is 1.08 bits per heavy atom. The van der Waals surface area contributed by atoms with Gasteiger partial charge in [0.25, 0.3) is 0 Å². The van der Waals surface area contributed by atoms with Crippen LogP contribution >= 0.6 is 0 Å². The van der Waals surface area contributed by atoms with Crippen molar-refractivity contribution in [1.29, 1.82) is 0 Å². The van der Waals surface area contributed by atoms with Gasteiger partial charge >= 0.3 is 0 Å². The van der Waals surface area contributed by atoms with Crippen molar-refractivity contribution in [3.8, 4) is 0 Å². The molecule has 37 heavy (non-hydrogen) atoms. The largest absolute Gasteiger partial charge is 0.330 e. The Labute approximate surface area is 224 Å². The van der Waals surface area contributed by atoms with E-state index in [1.165, 1.54) is 23.5 Å². The average molecular weight is 512 g/mol. The third-order valence-corrected chi connectivity index (χ3v) is 6.00. The molecule has 0 radical (unpaired) electrons. The number of halogens is 2. The van der Waals surface area contributed by atoms with Crippen molar-refractivity contribution in [2.75, 3.05) is 13.1 Å². The zero-order valence-corrected chi connectivity index (χ0v) is 24.7. The summed E-state index contributed by atoms with van der Waals surface area (Å²) in [6, 6.07) is 3.63. The summed E-state index contributed by atoms with van der Waals surface area (Å²) in [6.45, 7) is 27.5. The number of benzene rings is 1. The normalized spacial score (nSPS) is 16.6. The number of rotatable bonds is 7. The van der Waals surface area contributed by atoms with Crippen LogP contribution in [0.2, 0.25) is 0 Å². The minimum absolute atomic E-state index is 0.166. The van der Waals surface area contributed by atoms with E-state index in [-0.39, 0.29) is 5.41 Å². The number of aliphatic imine (C=N–C) groups is 1. The van der Waals surface area contributed by atoms with E-state index < -0.39 is 11.6 Å². The molecule has 204 valence electrons. The zero-order valence-electron chi connectivity index (χ0n) is 24.7. The Balaban J connectivity index is 0.000000568. The van der Waals surface area contributed by atoms with Gasteiger partial charge in [0.05, 0.1) is 5.70 Å². The van der Waals surface area contributed by atoms with Gasteiger partial charge in [0.2, 0.25) is 0 Å². The first-order valence-electron chi connectivity index (χ1n) is 13.3. The van der Waals surface area contributed by atoms with Crippen LogP contribution in [-0.4, -0.2) is 28.6 Å². The second kappa shape index (κ2) is 14.7. The molecule has 1 aliphatic heterocycles. The maximum atomic E-state index is 12.6. The lowest BCUT2D eigenvalue weighted by Gasteiger charge is -2.44. The van der Waals surface area contributed by atoms with E-state index >= 15 is 0 Å². The molecular weight excluding hydrogens is 464 g/mol. The van der Waals surface area contributed by atoms with Gasteiger partial charge in [-0.3, -0.25) is 0 Å². The predicted molar refractivity (Wildman–Crippen MR) is 156 cm³/mol. The molecule has 0 N–H and O–H groups in total. The summed E-state index contributed by atoms with van der Waals surface area (Å²) < 4.78 is 24.9. The Morgan fingerprint density at radius 3 is 2.19 bits per heavy atom. The van der Waals surface area contributed by atoms with Crippen LogP contribution in [0.1, 0.15) is 81.2 Å². The van der Waals surface area contributed by atoms with Crippen LogP contribution in [-0.2, 0) is 6.42 Å². The summed E-state index contributed by atoms with van der Waals surface area (Å²) in [5.41, 5.74) is 6.31. The third kappa shape index (κ3) is 9.14. The molecule has 0 unspecified atom stereocenters. The van der Waals surface area contributed by atoms with Crippen LogP contribution in [0.5, 0.6) is 0 Å². The molecule has 0 saturated carbocycles. The van der Waals surface area contributed by atoms with Crippen molar-refractivity contribution >= 4 is 5.71 Å². The number of hydrogen-bond donors (Lipinski definition) is 0. The van der Waals surface area contributed by atoms with Crippen molar-refractivity contribution < 1.29 is 8.78 Å². The first kappa shape index (κ1) is 32.1. The minimum atomic E-state index is -0.519. The molecule has 0 bridgehead atoms. The fourth-order valence-corrected chi connectivity index (χ4v) is 4.14. The highest BCUT2D eigenvalue weighted by Crippen LogP contribution is 2.36. The standard InChI is InChI=1S/C24H39N3.C8H8F2/c1-11-15-21(13-3)18(5)25-23-19(6)27(17-24(8,9)10)20(7)26(14-4)22(23)16-12-2;1-2-6-3-4-7(9)5-8(6)10/h11,13,15-16H,7,12,14,17H2,1-6,8-10H3;3-5H,2H2,1H3/b15-11-,21-13+,22-16?,25-18?;. The fourth-order valence-electron chi connectivity index (χ4n) is 4.14. The maximum Gasteiger partial charge on any atom is 0.129 e. The Morgan fingerprint density at radius 2 is 1.73 bits per heavy atom. The Hall–Kier alpha value is -2.95. The molecule has 2 rings (SSSR count). The molecule has 0 aliphatic carbocycles. The summed E-state index contributed by atoms with van der Waals surface area (Å²) in [4.78, 5) is 9.72. The van der Waals surface area contributed by atoms with Gasteiger partial charge in [-0.15, -0.1) is 0 Å². The Kier molecular flexibility index (Phi) is 12.7. The SMILES string of the molecule is C=C1N(CC)C(=CCC)C(N=C(C)C(/C=C\C)=C/C)=C(C)N1CC(C)(C)C.CCc1ccc(F)cc1F. The molecule has 0 saturated heterocycles. The van der Waals surface area contributed by atoms with E-state index in [4.69, 9.17) is 4.99 Å². The molecule has 0 spiro atoms. The van der Waals surface area contributed by atoms with Crippen LogP contribution in [0, 0.1) is 17.0 Å². The Bertz CT molecular complexity index is 1080. The van der Waals surface area contributed by atoms with Crippen LogP contribution in [0.25, 0.3) is 0 Å². The van der Waals surface area contributed by atoms with Crippen LogP contribution in [0.4, 0.5) is 8.78 Å². The van der Waals surface area contributed by atoms with Gasteiger partial charge in [-0.2, -0.15) is 0 Å². The second-order valence-corrected chi connectivity index (χ2v) is 10.3. The lowest BCUT2D eigenvalue weighted by Crippen LogP contribution is -2.42. The van der Waals surface area contributed by atoms with Crippen molar-refractivity contribution in [1.82, 2.24) is 9.80 Å². The average Bonchev–Trinajstić information content (AvgIpc) is 2.83. The lowest BCUT2D eigenvalue weighted by atomic mass is 9.95. The summed E-state index contributed by atoms with van der Waals surface area (Å²) in [6.07, 6.45) is 10.1. The molecule has 0 fully saturated rings. The smallest absolute Gasteiger partial charge is 0.129 e. The highest BCUT2D eigenvalue weighted by Gasteiger charge is 2.31. The van der Waals surface area contributed by atoms with Gasteiger partial charge in [0.1, 0.15) is 23.2 Å². The van der Waals surface area contributed by atoms with E-state index in [9.17, 15) is 8.78 Å². The van der Waals surface area contributed by atoms with Crippen molar-refractivity contribution in [3.63, 3.8) is 0 Å². The summed E-state index contributed by atoms with van der Waals surface area (Å²) in [5, 5.41) is 0. The quantitative estimate of drug-likeness (QED) is 0.268. The van der Waals surface area contributed by atoms with Gasteiger partial charge < -0.3 is 9.80 Å². The molecule has 5 heteroatoms. The molecule has 1 aromatic carbocycles. The summed E-state index contributed by atoms with van der Waals surface area (Å²) in [7, 11) is 0. The number of nitrogens with zero attached hydrogens (tertiary/aromatic N) is 3. The van der Waals surface area contributed by atoms with Gasteiger partial charge in [-0.05, 0) is 70.1 Å². The number of allylic oxidation sites excluding steroid dienone is 6. The number of likely N-dealkylation sites (N-methyl/N-ethyl adjacent to an activating group) is 1. The highest BCUT2D eigenvalue weighted by atomic mass is 19.1. The number of aryl methyl sites for hydroxylation is 1. The first-order valence-corrected chi connectivity index (χ1v) is 13.3. The molecular formula is C32H47F2N3. The maximum absolute atomic E-state index is 12.6. The fraction of sp³-hybridized carbons (Fsp3) is 0.469. The van der Waals surface area contributed by atoms with Gasteiger partial charge in [-0.25, -0.2) is 13.8 Å². The van der Waals surface area contributed by atoms with Crippen molar-refractivity contribution in [2.24, 2.45) is 10.4 Å². The van der Waals surface area contributed by atoms with E-state index in [0.717, 1.165) is 48.4 Å². The zero-order chi connectivity index (χ0) is 28.3. The predicted octanol–water partition coefficient (Wildman–Crippen LogP) is 9.18. The van der Waals surface area contributed by atoms with Crippen molar-refractivity contribution in [2.45, 2.75) is 82.1 Å². The van der Waals surface area contributed by atoms with E-state index in [2.05, 4.69) is 96.1 Å². The molecule has 1 aliphatic rings. The van der Waals surface area contributed by atoms with Crippen LogP contribution in [0.3, 0.4) is 0 Å². The summed E-state index contributed by atoms with van der Waals surface area (Å²) >= 11 is 0. The van der Waals surface area contributed by atoms with Crippen LogP contribution in [0.15, 0.2) is 82.6 Å². The van der Waals surface area contributed by atoms with E-state index in [0.29, 0.717) is 12.0 Å². The van der Waals surface area contributed by atoms with E-state index in [1.807, 2.05) is 13.8 Å². The topological polar surface area (TPSA) is 18.8 Å². The van der Waals surface area contributed by atoms with Gasteiger partial charge in [-0.1, -0.05) is 71.6 Å². The van der Waals surface area contributed by atoms with Gasteiger partial charge in [0, 0.05) is 30.6 Å². The highest BCUT2D eigenvalue weighted by molar-refractivity contribution is 6.01. The molecule has 3 nitrogen and oxygen atoms in total. The minimum Gasteiger partial charge on any atom is -0.330 e. The molecule has 0 aromatic heterocycles. The van der Waals surface area contributed by atoms with Gasteiger partial charge in [0.15, 0.2) is 0 Å². The molecule has 0 atom stereocenters. The van der Waals surface area contributed by atoms with Crippen LogP contribution < -0.4 is 0 Å². The lowest BCUT2D eigenvalue weighted by molar-refractivity contribution is 0.207. The molecule has 1 aromatic rings. The second-order valence-electron chi connectivity index (χ2n) is 10.3.